The van der Waals surface area contributed by atoms with Gasteiger partial charge in [0, 0.05) is 43.9 Å². The number of aryl methyl sites for hydroxylation is 1. The first-order valence-electron chi connectivity index (χ1n) is 14.8. The third kappa shape index (κ3) is 4.51. The van der Waals surface area contributed by atoms with Crippen molar-refractivity contribution >= 4 is 33.1 Å². The van der Waals surface area contributed by atoms with E-state index in [2.05, 4.69) is 57.3 Å². The van der Waals surface area contributed by atoms with Gasteiger partial charge in [-0.25, -0.2) is 19.7 Å². The molecule has 8 heteroatoms. The molecule has 0 spiro atoms. The average molecular weight is 566 g/mol. The topological polar surface area (TPSA) is 84.6 Å². The van der Waals surface area contributed by atoms with Crippen molar-refractivity contribution in [1.29, 1.82) is 0 Å². The van der Waals surface area contributed by atoms with Crippen molar-refractivity contribution in [2.24, 2.45) is 7.05 Å². The van der Waals surface area contributed by atoms with E-state index in [0.29, 0.717) is 0 Å². The van der Waals surface area contributed by atoms with Gasteiger partial charge in [0.2, 0.25) is 0 Å². The molecule has 43 heavy (non-hydrogen) atoms. The maximum atomic E-state index is 13.0. The second-order valence-corrected chi connectivity index (χ2v) is 11.5. The summed E-state index contributed by atoms with van der Waals surface area (Å²) in [6.45, 7) is 2.79. The van der Waals surface area contributed by atoms with Gasteiger partial charge in [0.15, 0.2) is 0 Å². The number of hydrogen-bond donors (Lipinski definition) is 1. The monoisotopic (exact) mass is 565 g/mol. The zero-order valence-electron chi connectivity index (χ0n) is 23.9. The third-order valence-corrected chi connectivity index (χ3v) is 8.80. The highest BCUT2D eigenvalue weighted by molar-refractivity contribution is 5.94. The van der Waals surface area contributed by atoms with Gasteiger partial charge in [0.25, 0.3) is 0 Å². The fourth-order valence-corrected chi connectivity index (χ4v) is 6.52. The van der Waals surface area contributed by atoms with Crippen molar-refractivity contribution in [3.05, 3.63) is 113 Å². The van der Waals surface area contributed by atoms with Crippen LogP contribution in [-0.2, 0) is 13.6 Å². The van der Waals surface area contributed by atoms with Crippen molar-refractivity contribution in [2.45, 2.75) is 25.4 Å². The normalized spacial score (nSPS) is 14.7. The number of rotatable bonds is 5. The summed E-state index contributed by atoms with van der Waals surface area (Å²) >= 11 is 0. The van der Waals surface area contributed by atoms with Gasteiger partial charge in [0.1, 0.15) is 0 Å². The Hall–Kier alpha value is -5.08. The lowest BCUT2D eigenvalue weighted by Gasteiger charge is -2.32. The maximum absolute atomic E-state index is 13.0. The molecule has 0 unspecified atom stereocenters. The second kappa shape index (κ2) is 10.3. The molecule has 4 aromatic carbocycles. The first-order valence-corrected chi connectivity index (χ1v) is 14.8. The highest BCUT2D eigenvalue weighted by Crippen LogP contribution is 2.33. The molecule has 0 saturated carbocycles. The minimum Gasteiger partial charge on any atom is -0.345 e. The Bertz CT molecular complexity index is 2150. The number of nitrogens with zero attached hydrogens (tertiary/aromatic N) is 6. The second-order valence-electron chi connectivity index (χ2n) is 11.5. The van der Waals surface area contributed by atoms with Crippen LogP contribution in [0.15, 0.2) is 102 Å². The number of aromatic amines is 1. The van der Waals surface area contributed by atoms with E-state index in [1.807, 2.05) is 60.1 Å². The summed E-state index contributed by atoms with van der Waals surface area (Å²) in [5.74, 6) is 0. The molecule has 3 aromatic heterocycles. The van der Waals surface area contributed by atoms with Crippen LogP contribution in [0.2, 0.25) is 0 Å². The van der Waals surface area contributed by atoms with Crippen molar-refractivity contribution in [3.63, 3.8) is 0 Å². The Morgan fingerprint density at radius 1 is 0.767 bits per heavy atom. The Balaban J connectivity index is 1.04. The van der Waals surface area contributed by atoms with E-state index < -0.39 is 0 Å². The predicted octanol–water partition coefficient (Wildman–Crippen LogP) is 6.33. The molecular weight excluding hydrogens is 534 g/mol. The van der Waals surface area contributed by atoms with Crippen LogP contribution in [0.25, 0.3) is 55.6 Å². The molecule has 8 rings (SSSR count). The summed E-state index contributed by atoms with van der Waals surface area (Å²) in [4.78, 5) is 33.3. The lowest BCUT2D eigenvalue weighted by atomic mass is 10.0. The molecule has 1 aliphatic heterocycles. The van der Waals surface area contributed by atoms with E-state index in [4.69, 9.17) is 9.97 Å². The van der Waals surface area contributed by atoms with Gasteiger partial charge in [-0.05, 0) is 42.7 Å². The fraction of sp³-hybridized carbons (Fsp3) is 0.200. The molecule has 0 atom stereocenters. The molecule has 1 N–H and O–H groups in total. The number of hydrogen-bond acceptors (Lipinski definition) is 5. The van der Waals surface area contributed by atoms with Crippen LogP contribution in [0, 0.1) is 0 Å². The van der Waals surface area contributed by atoms with Crippen molar-refractivity contribution in [2.75, 3.05) is 13.1 Å². The molecule has 7 aromatic rings. The Morgan fingerprint density at radius 2 is 1.42 bits per heavy atom. The summed E-state index contributed by atoms with van der Waals surface area (Å²) in [5.41, 5.74) is 10.7. The van der Waals surface area contributed by atoms with E-state index in [1.165, 1.54) is 5.56 Å². The average Bonchev–Trinajstić information content (AvgIpc) is 3.61. The standard InChI is InChI=1S/C35H31N7O/c1-40-31-9-5-6-10-32(31)42(35(40)43)26-15-17-41(18-16-26)21-23-11-13-25(14-12-23)34-33(24-7-3-2-4-8-24)38-29-19-27-28(37-22-36-27)20-30(29)39-34/h2-14,19-20,22,26H,15-18,21H2,1H3,(H,36,37). The SMILES string of the molecule is Cn1c(=O)n(C2CCN(Cc3ccc(-c4nc5cc6[nH]cnc6cc5nc4-c4ccccc4)cc3)CC2)c2ccccc21. The molecule has 8 nitrogen and oxygen atoms in total. The number of imidazole rings is 2. The number of H-pyrrole nitrogens is 1. The lowest BCUT2D eigenvalue weighted by molar-refractivity contribution is 0.179. The largest absolute Gasteiger partial charge is 0.345 e. The Morgan fingerprint density at radius 3 is 2.16 bits per heavy atom. The zero-order chi connectivity index (χ0) is 28.9. The Kier molecular flexibility index (Phi) is 6.15. The molecular formula is C35H31N7O. The minimum atomic E-state index is 0.0795. The zero-order valence-corrected chi connectivity index (χ0v) is 23.9. The molecule has 4 heterocycles. The molecule has 1 fully saturated rings. The lowest BCUT2D eigenvalue weighted by Crippen LogP contribution is -2.37. The predicted molar refractivity (Wildman–Crippen MR) is 171 cm³/mol. The number of aromatic nitrogens is 6. The summed E-state index contributed by atoms with van der Waals surface area (Å²) in [5, 5.41) is 0. The van der Waals surface area contributed by atoms with E-state index in [-0.39, 0.29) is 11.7 Å². The van der Waals surface area contributed by atoms with E-state index in [9.17, 15) is 4.79 Å². The highest BCUT2D eigenvalue weighted by Gasteiger charge is 2.24. The number of fused-ring (bicyclic) bond motifs is 3. The number of benzene rings is 4. The van der Waals surface area contributed by atoms with Crippen LogP contribution in [0.1, 0.15) is 24.4 Å². The smallest absolute Gasteiger partial charge is 0.329 e. The number of nitrogens with one attached hydrogen (secondary N) is 1. The van der Waals surface area contributed by atoms with Gasteiger partial charge >= 0.3 is 5.69 Å². The van der Waals surface area contributed by atoms with Crippen LogP contribution in [0.5, 0.6) is 0 Å². The van der Waals surface area contributed by atoms with Gasteiger partial charge in [0.05, 0.1) is 50.8 Å². The molecule has 0 bridgehead atoms. The van der Waals surface area contributed by atoms with Gasteiger partial charge in [-0.2, -0.15) is 0 Å². The van der Waals surface area contributed by atoms with Crippen LogP contribution in [0.3, 0.4) is 0 Å². The maximum Gasteiger partial charge on any atom is 0.329 e. The van der Waals surface area contributed by atoms with E-state index >= 15 is 0 Å². The first kappa shape index (κ1) is 25.6. The number of likely N-dealkylation sites (tertiary alicyclic amines) is 1. The van der Waals surface area contributed by atoms with Crippen LogP contribution < -0.4 is 5.69 Å². The minimum absolute atomic E-state index is 0.0795. The van der Waals surface area contributed by atoms with Gasteiger partial charge in [-0.3, -0.25) is 14.0 Å². The molecule has 212 valence electrons. The third-order valence-electron chi connectivity index (χ3n) is 8.80. The molecule has 0 amide bonds. The number of para-hydroxylation sites is 2. The Labute approximate surface area is 248 Å². The van der Waals surface area contributed by atoms with Crippen molar-refractivity contribution < 1.29 is 0 Å². The van der Waals surface area contributed by atoms with Crippen LogP contribution in [0.4, 0.5) is 0 Å². The quantitative estimate of drug-likeness (QED) is 0.264. The van der Waals surface area contributed by atoms with Gasteiger partial charge in [-0.1, -0.05) is 66.7 Å². The van der Waals surface area contributed by atoms with Crippen molar-refractivity contribution in [3.8, 4) is 22.5 Å². The van der Waals surface area contributed by atoms with Gasteiger partial charge in [-0.15, -0.1) is 0 Å². The molecule has 0 aliphatic carbocycles. The highest BCUT2D eigenvalue weighted by atomic mass is 16.1. The molecule has 1 aliphatic rings. The number of piperidine rings is 1. The molecule has 0 radical (unpaired) electrons. The van der Waals surface area contributed by atoms with Crippen LogP contribution >= 0.6 is 0 Å². The van der Waals surface area contributed by atoms with E-state index in [1.54, 1.807) is 10.9 Å². The molecule has 1 saturated heterocycles. The summed E-state index contributed by atoms with van der Waals surface area (Å²) in [6, 6.07) is 31.3. The summed E-state index contributed by atoms with van der Waals surface area (Å²) in [6.07, 6.45) is 3.62. The van der Waals surface area contributed by atoms with Gasteiger partial charge < -0.3 is 4.98 Å². The van der Waals surface area contributed by atoms with Crippen molar-refractivity contribution in [1.82, 2.24) is 34.0 Å². The summed E-state index contributed by atoms with van der Waals surface area (Å²) in [7, 11) is 1.87. The fourth-order valence-electron chi connectivity index (χ4n) is 6.52. The van der Waals surface area contributed by atoms with E-state index in [0.717, 1.165) is 88.1 Å². The van der Waals surface area contributed by atoms with Crippen LogP contribution in [-0.4, -0.2) is 47.1 Å². The first-order chi connectivity index (χ1) is 21.1. The summed E-state index contributed by atoms with van der Waals surface area (Å²) < 4.78 is 3.78.